The quantitative estimate of drug-likeness (QED) is 0.854. The van der Waals surface area contributed by atoms with Gasteiger partial charge in [-0.15, -0.1) is 0 Å². The van der Waals surface area contributed by atoms with Crippen LogP contribution in [0.4, 0.5) is 4.39 Å². The fourth-order valence-corrected chi connectivity index (χ4v) is 3.34. The minimum atomic E-state index is -0.498. The summed E-state index contributed by atoms with van der Waals surface area (Å²) >= 11 is 0. The van der Waals surface area contributed by atoms with E-state index in [1.165, 1.54) is 12.1 Å². The maximum atomic E-state index is 13.3. The molecule has 0 spiro atoms. The summed E-state index contributed by atoms with van der Waals surface area (Å²) in [5, 5.41) is 0. The number of hydrogen-bond donors (Lipinski definition) is 0. The first-order valence-corrected chi connectivity index (χ1v) is 8.41. The smallest absolute Gasteiger partial charge is 0.226 e. The van der Waals surface area contributed by atoms with Gasteiger partial charge in [-0.05, 0) is 37.5 Å². The molecule has 128 valence electrons. The monoisotopic (exact) mass is 330 g/mol. The van der Waals surface area contributed by atoms with Gasteiger partial charge in [0.2, 0.25) is 11.8 Å². The summed E-state index contributed by atoms with van der Waals surface area (Å²) in [5.74, 6) is 1.06. The van der Waals surface area contributed by atoms with Gasteiger partial charge in [-0.25, -0.2) is 9.37 Å². The first-order chi connectivity index (χ1) is 11.4. The number of nitrogens with zero attached hydrogens (tertiary/aromatic N) is 2. The zero-order chi connectivity index (χ0) is 17.3. The van der Waals surface area contributed by atoms with Crippen molar-refractivity contribution in [2.24, 2.45) is 5.92 Å². The fourth-order valence-electron chi connectivity index (χ4n) is 3.34. The molecule has 0 aliphatic carbocycles. The zero-order valence-corrected chi connectivity index (χ0v) is 14.4. The Morgan fingerprint density at radius 3 is 2.96 bits per heavy atom. The number of likely N-dealkylation sites (tertiary alicyclic amines) is 1. The highest BCUT2D eigenvalue weighted by Gasteiger charge is 2.45. The molecule has 2 aromatic rings. The number of hydrogen-bond acceptors (Lipinski definition) is 3. The Kier molecular flexibility index (Phi) is 4.43. The van der Waals surface area contributed by atoms with E-state index in [1.54, 1.807) is 12.3 Å². The summed E-state index contributed by atoms with van der Waals surface area (Å²) < 4.78 is 19.3. The van der Waals surface area contributed by atoms with Crippen LogP contribution in [0.15, 0.2) is 34.9 Å². The summed E-state index contributed by atoms with van der Waals surface area (Å²) in [5.41, 5.74) is 0.339. The fraction of sp³-hybridized carbons (Fsp3) is 0.474. The molecule has 24 heavy (non-hydrogen) atoms. The second-order valence-corrected chi connectivity index (χ2v) is 6.96. The van der Waals surface area contributed by atoms with Crippen LogP contribution in [0.2, 0.25) is 0 Å². The van der Waals surface area contributed by atoms with E-state index in [2.05, 4.69) is 4.98 Å². The van der Waals surface area contributed by atoms with E-state index in [-0.39, 0.29) is 17.6 Å². The first-order valence-electron chi connectivity index (χ1n) is 8.41. The van der Waals surface area contributed by atoms with Gasteiger partial charge in [0.15, 0.2) is 0 Å². The molecular weight excluding hydrogens is 307 g/mol. The first kappa shape index (κ1) is 16.7. The van der Waals surface area contributed by atoms with Gasteiger partial charge < -0.3 is 9.32 Å². The second-order valence-electron chi connectivity index (χ2n) is 6.96. The van der Waals surface area contributed by atoms with Crippen LogP contribution in [-0.4, -0.2) is 22.3 Å². The maximum absolute atomic E-state index is 13.3. The third-order valence-corrected chi connectivity index (χ3v) is 4.68. The lowest BCUT2D eigenvalue weighted by molar-refractivity contribution is -0.139. The molecule has 2 heterocycles. The Balaban J connectivity index is 1.82. The number of benzene rings is 1. The molecule has 1 saturated heterocycles. The van der Waals surface area contributed by atoms with Crippen molar-refractivity contribution in [1.82, 2.24) is 9.88 Å². The van der Waals surface area contributed by atoms with Crippen molar-refractivity contribution in [2.45, 2.75) is 45.6 Å². The molecule has 1 atom stereocenters. The average molecular weight is 330 g/mol. The van der Waals surface area contributed by atoms with E-state index >= 15 is 0 Å². The molecule has 0 N–H and O–H groups in total. The van der Waals surface area contributed by atoms with Crippen molar-refractivity contribution in [3.05, 3.63) is 53.5 Å². The molecule has 1 fully saturated rings. The largest absolute Gasteiger partial charge is 0.443 e. The van der Waals surface area contributed by atoms with E-state index in [4.69, 9.17) is 4.42 Å². The summed E-state index contributed by atoms with van der Waals surface area (Å²) in [6, 6.07) is 6.46. The van der Waals surface area contributed by atoms with Crippen LogP contribution in [0.5, 0.6) is 0 Å². The van der Waals surface area contributed by atoms with Gasteiger partial charge in [0.1, 0.15) is 17.1 Å². The molecule has 1 aliphatic heterocycles. The van der Waals surface area contributed by atoms with Crippen LogP contribution in [0, 0.1) is 11.7 Å². The number of amides is 1. The zero-order valence-electron chi connectivity index (χ0n) is 14.4. The summed E-state index contributed by atoms with van der Waals surface area (Å²) in [4.78, 5) is 18.8. The summed E-state index contributed by atoms with van der Waals surface area (Å²) in [6.45, 7) is 6.56. The van der Waals surface area contributed by atoms with Crippen LogP contribution in [0.1, 0.15) is 50.8 Å². The number of rotatable bonds is 4. The molecule has 0 saturated carbocycles. The van der Waals surface area contributed by atoms with Crippen molar-refractivity contribution in [1.29, 1.82) is 0 Å². The highest BCUT2D eigenvalue weighted by Crippen LogP contribution is 2.39. The molecule has 0 bridgehead atoms. The standard InChI is InChI=1S/C19H23FN2O2/c1-13(2)17(23)22-9-5-8-19(22,3)18-21-12-16(24-18)11-14-6-4-7-15(20)10-14/h4,6-7,10,12-13H,5,8-9,11H2,1-3H3/t19-/m0/s1. The molecule has 4 nitrogen and oxygen atoms in total. The number of carbonyl (C=O) groups is 1. The molecule has 0 unspecified atom stereocenters. The predicted octanol–water partition coefficient (Wildman–Crippen LogP) is 3.90. The lowest BCUT2D eigenvalue weighted by Gasteiger charge is -2.33. The van der Waals surface area contributed by atoms with Gasteiger partial charge in [0, 0.05) is 18.9 Å². The topological polar surface area (TPSA) is 46.3 Å². The Bertz CT molecular complexity index is 740. The second kappa shape index (κ2) is 6.38. The van der Waals surface area contributed by atoms with Crippen LogP contribution in [-0.2, 0) is 16.8 Å². The molecule has 1 amide bonds. The van der Waals surface area contributed by atoms with Gasteiger partial charge in [0.25, 0.3) is 0 Å². The summed E-state index contributed by atoms with van der Waals surface area (Å²) in [6.07, 6.45) is 3.95. The van der Waals surface area contributed by atoms with Crippen molar-refractivity contribution >= 4 is 5.91 Å². The van der Waals surface area contributed by atoms with Gasteiger partial charge in [-0.1, -0.05) is 26.0 Å². The maximum Gasteiger partial charge on any atom is 0.226 e. The molecule has 1 aromatic carbocycles. The third kappa shape index (κ3) is 3.07. The Morgan fingerprint density at radius 1 is 1.46 bits per heavy atom. The molecule has 1 aliphatic rings. The van der Waals surface area contributed by atoms with E-state index < -0.39 is 5.54 Å². The van der Waals surface area contributed by atoms with Crippen molar-refractivity contribution < 1.29 is 13.6 Å². The lowest BCUT2D eigenvalue weighted by atomic mass is 9.97. The number of halogens is 1. The Morgan fingerprint density at radius 2 is 2.25 bits per heavy atom. The minimum absolute atomic E-state index is 0.0517. The number of carbonyl (C=O) groups excluding carboxylic acids is 1. The summed E-state index contributed by atoms with van der Waals surface area (Å²) in [7, 11) is 0. The van der Waals surface area contributed by atoms with E-state index in [0.29, 0.717) is 18.1 Å². The molecular formula is C19H23FN2O2. The van der Waals surface area contributed by atoms with Crippen molar-refractivity contribution in [3.8, 4) is 0 Å². The van der Waals surface area contributed by atoms with Crippen molar-refractivity contribution in [3.63, 3.8) is 0 Å². The third-order valence-electron chi connectivity index (χ3n) is 4.68. The minimum Gasteiger partial charge on any atom is -0.443 e. The van der Waals surface area contributed by atoms with Crippen LogP contribution in [0.3, 0.4) is 0 Å². The number of aromatic nitrogens is 1. The Labute approximate surface area is 141 Å². The Hall–Kier alpha value is -2.17. The molecule has 0 radical (unpaired) electrons. The van der Waals surface area contributed by atoms with Gasteiger partial charge in [0.05, 0.1) is 6.20 Å². The van der Waals surface area contributed by atoms with Gasteiger partial charge >= 0.3 is 0 Å². The van der Waals surface area contributed by atoms with Crippen LogP contribution in [0.25, 0.3) is 0 Å². The SMILES string of the molecule is CC(C)C(=O)N1CCC[C@@]1(C)c1ncc(Cc2cccc(F)c2)o1. The lowest BCUT2D eigenvalue weighted by Crippen LogP contribution is -2.44. The highest BCUT2D eigenvalue weighted by atomic mass is 19.1. The van der Waals surface area contributed by atoms with E-state index in [0.717, 1.165) is 24.9 Å². The van der Waals surface area contributed by atoms with Crippen LogP contribution >= 0.6 is 0 Å². The van der Waals surface area contributed by atoms with Crippen molar-refractivity contribution in [2.75, 3.05) is 6.54 Å². The molecule has 3 rings (SSSR count). The normalized spacial score (nSPS) is 20.8. The highest BCUT2D eigenvalue weighted by molar-refractivity contribution is 5.79. The van der Waals surface area contributed by atoms with Crippen LogP contribution < -0.4 is 0 Å². The number of oxazole rings is 1. The van der Waals surface area contributed by atoms with Gasteiger partial charge in [-0.3, -0.25) is 4.79 Å². The average Bonchev–Trinajstić information content (AvgIpc) is 3.14. The van der Waals surface area contributed by atoms with E-state index in [9.17, 15) is 9.18 Å². The predicted molar refractivity (Wildman–Crippen MR) is 88.8 cm³/mol. The van der Waals surface area contributed by atoms with E-state index in [1.807, 2.05) is 31.7 Å². The molecule has 1 aromatic heterocycles. The van der Waals surface area contributed by atoms with Gasteiger partial charge in [-0.2, -0.15) is 0 Å². The molecule has 5 heteroatoms.